The summed E-state index contributed by atoms with van der Waals surface area (Å²) >= 11 is 0. The van der Waals surface area contributed by atoms with E-state index in [9.17, 15) is 0 Å². The summed E-state index contributed by atoms with van der Waals surface area (Å²) in [4.78, 5) is 0. The lowest BCUT2D eigenvalue weighted by molar-refractivity contribution is 0.114. The fraction of sp³-hybridized carbons (Fsp3) is 1.00. The van der Waals surface area contributed by atoms with Crippen molar-refractivity contribution in [3.8, 4) is 0 Å². The summed E-state index contributed by atoms with van der Waals surface area (Å²) < 4.78 is 5.31. The van der Waals surface area contributed by atoms with Gasteiger partial charge in [-0.1, -0.05) is 6.42 Å². The Kier molecular flexibility index (Phi) is 3.76. The van der Waals surface area contributed by atoms with Crippen LogP contribution in [0.25, 0.3) is 0 Å². The molecule has 0 radical (unpaired) electrons. The molecule has 1 aliphatic heterocycles. The fourth-order valence-electron chi connectivity index (χ4n) is 1.33. The molecule has 1 aliphatic rings. The molecule has 0 spiro atoms. The highest BCUT2D eigenvalue weighted by Gasteiger charge is 2.11. The number of piperidine rings is 1. The van der Waals surface area contributed by atoms with Gasteiger partial charge in [0.25, 0.3) is 0 Å². The van der Waals surface area contributed by atoms with Crippen LogP contribution in [0.5, 0.6) is 0 Å². The van der Waals surface area contributed by atoms with E-state index in [0.717, 1.165) is 13.2 Å². The van der Waals surface area contributed by atoms with Crippen LogP contribution in [0, 0.1) is 0 Å². The molecule has 10 heavy (non-hydrogen) atoms. The van der Waals surface area contributed by atoms with Gasteiger partial charge in [-0.2, -0.15) is 0 Å². The molecule has 0 bridgehead atoms. The van der Waals surface area contributed by atoms with Crippen LogP contribution < -0.4 is 5.32 Å². The van der Waals surface area contributed by atoms with E-state index in [-0.39, 0.29) is 0 Å². The van der Waals surface area contributed by atoms with Crippen molar-refractivity contribution in [1.29, 1.82) is 0 Å². The minimum Gasteiger partial charge on any atom is -0.380 e. The first-order chi connectivity index (χ1) is 4.93. The molecule has 1 atom stereocenters. The van der Waals surface area contributed by atoms with E-state index in [4.69, 9.17) is 4.74 Å². The van der Waals surface area contributed by atoms with Crippen molar-refractivity contribution in [2.45, 2.75) is 32.2 Å². The fourth-order valence-corrected chi connectivity index (χ4v) is 1.33. The third-order valence-electron chi connectivity index (χ3n) is 1.94. The molecule has 1 fully saturated rings. The Morgan fingerprint density at radius 2 is 2.40 bits per heavy atom. The normalized spacial score (nSPS) is 26.7. The number of hydrogen-bond donors (Lipinski definition) is 1. The standard InChI is InChI=1S/C8H17NO/c1-2-10-7-8-5-3-4-6-9-8/h8-9H,2-7H2,1H3/t8-/m1/s1. The zero-order chi connectivity index (χ0) is 7.23. The van der Waals surface area contributed by atoms with Gasteiger partial charge in [0.15, 0.2) is 0 Å². The molecule has 2 heteroatoms. The molecule has 1 N–H and O–H groups in total. The highest BCUT2D eigenvalue weighted by molar-refractivity contribution is 4.70. The van der Waals surface area contributed by atoms with E-state index >= 15 is 0 Å². The van der Waals surface area contributed by atoms with E-state index < -0.39 is 0 Å². The molecule has 0 aromatic heterocycles. The molecular formula is C8H17NO. The lowest BCUT2D eigenvalue weighted by Crippen LogP contribution is -2.37. The topological polar surface area (TPSA) is 21.3 Å². The zero-order valence-corrected chi connectivity index (χ0v) is 6.73. The zero-order valence-electron chi connectivity index (χ0n) is 6.73. The van der Waals surface area contributed by atoms with Gasteiger partial charge in [-0.3, -0.25) is 0 Å². The molecule has 1 saturated heterocycles. The first-order valence-corrected chi connectivity index (χ1v) is 4.24. The Balaban J connectivity index is 2.02. The van der Waals surface area contributed by atoms with E-state index in [0.29, 0.717) is 6.04 Å². The van der Waals surface area contributed by atoms with Crippen LogP contribution in [0.15, 0.2) is 0 Å². The number of ether oxygens (including phenoxy) is 1. The van der Waals surface area contributed by atoms with Crippen LogP contribution in [0.2, 0.25) is 0 Å². The van der Waals surface area contributed by atoms with E-state index in [1.807, 2.05) is 6.92 Å². The second-order valence-electron chi connectivity index (χ2n) is 2.81. The Bertz CT molecular complexity index is 79.3. The van der Waals surface area contributed by atoms with Crippen LogP contribution in [0.1, 0.15) is 26.2 Å². The van der Waals surface area contributed by atoms with E-state index in [1.54, 1.807) is 0 Å². The Labute approximate surface area is 63.0 Å². The minimum absolute atomic E-state index is 0.633. The summed E-state index contributed by atoms with van der Waals surface area (Å²) in [5.74, 6) is 0. The van der Waals surface area contributed by atoms with Crippen LogP contribution in [-0.2, 0) is 4.74 Å². The van der Waals surface area contributed by atoms with Gasteiger partial charge in [0.2, 0.25) is 0 Å². The maximum atomic E-state index is 5.31. The Morgan fingerprint density at radius 3 is 3.00 bits per heavy atom. The highest BCUT2D eigenvalue weighted by atomic mass is 16.5. The first kappa shape index (κ1) is 8.02. The minimum atomic E-state index is 0.633. The van der Waals surface area contributed by atoms with Crippen molar-refractivity contribution in [2.24, 2.45) is 0 Å². The summed E-state index contributed by atoms with van der Waals surface area (Å²) in [6.07, 6.45) is 3.99. The Morgan fingerprint density at radius 1 is 1.50 bits per heavy atom. The predicted molar refractivity (Wildman–Crippen MR) is 42.1 cm³/mol. The SMILES string of the molecule is CCOC[C@H]1CCCCN1. The average molecular weight is 143 g/mol. The number of hydrogen-bond acceptors (Lipinski definition) is 2. The highest BCUT2D eigenvalue weighted by Crippen LogP contribution is 2.06. The summed E-state index contributed by atoms with van der Waals surface area (Å²) in [6.45, 7) is 4.97. The lowest BCUT2D eigenvalue weighted by atomic mass is 10.1. The molecule has 0 unspecified atom stereocenters. The predicted octanol–water partition coefficient (Wildman–Crippen LogP) is 1.17. The quantitative estimate of drug-likeness (QED) is 0.640. The van der Waals surface area contributed by atoms with Gasteiger partial charge in [0.1, 0.15) is 0 Å². The van der Waals surface area contributed by atoms with Crippen LogP contribution in [-0.4, -0.2) is 25.8 Å². The van der Waals surface area contributed by atoms with Crippen molar-refractivity contribution >= 4 is 0 Å². The van der Waals surface area contributed by atoms with Gasteiger partial charge in [-0.25, -0.2) is 0 Å². The second-order valence-corrected chi connectivity index (χ2v) is 2.81. The molecule has 0 aromatic rings. The van der Waals surface area contributed by atoms with Crippen molar-refractivity contribution in [1.82, 2.24) is 5.32 Å². The molecule has 0 amide bonds. The van der Waals surface area contributed by atoms with Crippen molar-refractivity contribution in [2.75, 3.05) is 19.8 Å². The van der Waals surface area contributed by atoms with Crippen molar-refractivity contribution in [3.63, 3.8) is 0 Å². The van der Waals surface area contributed by atoms with Gasteiger partial charge in [0.05, 0.1) is 6.61 Å². The molecular weight excluding hydrogens is 126 g/mol. The number of rotatable bonds is 3. The second kappa shape index (κ2) is 4.69. The Hall–Kier alpha value is -0.0800. The van der Waals surface area contributed by atoms with Crippen molar-refractivity contribution in [3.05, 3.63) is 0 Å². The maximum absolute atomic E-state index is 5.31. The van der Waals surface area contributed by atoms with Crippen LogP contribution in [0.4, 0.5) is 0 Å². The lowest BCUT2D eigenvalue weighted by Gasteiger charge is -2.22. The first-order valence-electron chi connectivity index (χ1n) is 4.24. The van der Waals surface area contributed by atoms with Gasteiger partial charge < -0.3 is 10.1 Å². The van der Waals surface area contributed by atoms with Crippen LogP contribution in [0.3, 0.4) is 0 Å². The maximum Gasteiger partial charge on any atom is 0.0619 e. The summed E-state index contributed by atoms with van der Waals surface area (Å²) in [6, 6.07) is 0.633. The van der Waals surface area contributed by atoms with Crippen LogP contribution >= 0.6 is 0 Å². The smallest absolute Gasteiger partial charge is 0.0619 e. The van der Waals surface area contributed by atoms with E-state index in [2.05, 4.69) is 5.32 Å². The van der Waals surface area contributed by atoms with Gasteiger partial charge >= 0.3 is 0 Å². The molecule has 0 aromatic carbocycles. The third-order valence-corrected chi connectivity index (χ3v) is 1.94. The molecule has 0 saturated carbocycles. The van der Waals surface area contributed by atoms with Gasteiger partial charge in [0, 0.05) is 12.6 Å². The molecule has 1 heterocycles. The molecule has 1 rings (SSSR count). The molecule has 60 valence electrons. The van der Waals surface area contributed by atoms with E-state index in [1.165, 1.54) is 25.8 Å². The van der Waals surface area contributed by atoms with Gasteiger partial charge in [-0.15, -0.1) is 0 Å². The summed E-state index contributed by atoms with van der Waals surface area (Å²) in [5.41, 5.74) is 0. The third kappa shape index (κ3) is 2.67. The van der Waals surface area contributed by atoms with Gasteiger partial charge in [-0.05, 0) is 26.3 Å². The van der Waals surface area contributed by atoms with Crippen molar-refractivity contribution < 1.29 is 4.74 Å². The summed E-state index contributed by atoms with van der Waals surface area (Å²) in [7, 11) is 0. The molecule has 0 aliphatic carbocycles. The summed E-state index contributed by atoms with van der Waals surface area (Å²) in [5, 5.41) is 3.43. The average Bonchev–Trinajstić information content (AvgIpc) is 2.03. The molecule has 2 nitrogen and oxygen atoms in total. The largest absolute Gasteiger partial charge is 0.380 e. The number of nitrogens with one attached hydrogen (secondary N) is 1. The monoisotopic (exact) mass is 143 g/mol.